The van der Waals surface area contributed by atoms with Crippen molar-refractivity contribution in [2.24, 2.45) is 5.92 Å². The summed E-state index contributed by atoms with van der Waals surface area (Å²) in [5.41, 5.74) is 1.86. The highest BCUT2D eigenvalue weighted by molar-refractivity contribution is 5.97. The fourth-order valence-corrected chi connectivity index (χ4v) is 2.08. The average molecular weight is 381 g/mol. The van der Waals surface area contributed by atoms with E-state index in [9.17, 15) is 14.4 Å². The van der Waals surface area contributed by atoms with Crippen molar-refractivity contribution >= 4 is 23.9 Å². The van der Waals surface area contributed by atoms with Crippen molar-refractivity contribution in [3.8, 4) is 5.75 Å². The van der Waals surface area contributed by atoms with Gasteiger partial charge in [-0.05, 0) is 29.3 Å². The van der Waals surface area contributed by atoms with E-state index < -0.39 is 24.4 Å². The Morgan fingerprint density at radius 2 is 1.68 bits per heavy atom. The maximum absolute atomic E-state index is 11.7. The molecule has 0 bridgehead atoms. The Hall–Kier alpha value is -3.41. The average Bonchev–Trinajstić information content (AvgIpc) is 2.70. The number of ether oxygens (including phenoxy) is 2. The Morgan fingerprint density at radius 1 is 1.00 bits per heavy atom. The van der Waals surface area contributed by atoms with E-state index >= 15 is 0 Å². The molecule has 6 nitrogen and oxygen atoms in total. The first-order valence-corrected chi connectivity index (χ1v) is 8.89. The Balaban J connectivity index is 1.76. The Bertz CT molecular complexity index is 826. The summed E-state index contributed by atoms with van der Waals surface area (Å²) in [6, 6.07) is 17.1. The second-order valence-corrected chi connectivity index (χ2v) is 6.35. The molecule has 2 aromatic carbocycles. The maximum atomic E-state index is 11.7. The third-order valence-electron chi connectivity index (χ3n) is 3.67. The number of hydrogen-bond donors (Lipinski definition) is 1. The third-order valence-corrected chi connectivity index (χ3v) is 3.67. The summed E-state index contributed by atoms with van der Waals surface area (Å²) in [5, 5.41) is 2.15. The Kier molecular flexibility index (Phi) is 7.96. The molecule has 0 fully saturated rings. The van der Waals surface area contributed by atoms with Crippen molar-refractivity contribution in [2.75, 3.05) is 6.61 Å². The van der Waals surface area contributed by atoms with Crippen molar-refractivity contribution in [1.29, 1.82) is 0 Å². The highest BCUT2D eigenvalue weighted by Gasteiger charge is 2.12. The number of imide groups is 1. The molecule has 0 aliphatic carbocycles. The molecule has 0 saturated carbocycles. The van der Waals surface area contributed by atoms with Gasteiger partial charge < -0.3 is 9.47 Å². The van der Waals surface area contributed by atoms with Gasteiger partial charge in [0.2, 0.25) is 5.91 Å². The van der Waals surface area contributed by atoms with Crippen LogP contribution in [-0.2, 0) is 25.7 Å². The van der Waals surface area contributed by atoms with Crippen molar-refractivity contribution < 1.29 is 23.9 Å². The van der Waals surface area contributed by atoms with Crippen LogP contribution in [0, 0.1) is 5.92 Å². The number of rotatable bonds is 8. The summed E-state index contributed by atoms with van der Waals surface area (Å²) in [6.45, 7) is 3.29. The lowest BCUT2D eigenvalue weighted by Crippen LogP contribution is -2.36. The van der Waals surface area contributed by atoms with Crippen LogP contribution in [0.1, 0.15) is 25.0 Å². The number of benzene rings is 2. The minimum atomic E-state index is -0.670. The first-order chi connectivity index (χ1) is 13.4. The van der Waals surface area contributed by atoms with Crippen LogP contribution >= 0.6 is 0 Å². The van der Waals surface area contributed by atoms with E-state index in [1.165, 1.54) is 6.08 Å². The molecule has 146 valence electrons. The van der Waals surface area contributed by atoms with Gasteiger partial charge in [0.05, 0.1) is 0 Å². The smallest absolute Gasteiger partial charge is 0.331 e. The van der Waals surface area contributed by atoms with Gasteiger partial charge in [-0.3, -0.25) is 14.9 Å². The van der Waals surface area contributed by atoms with Crippen molar-refractivity contribution in [1.82, 2.24) is 5.32 Å². The maximum Gasteiger partial charge on any atom is 0.331 e. The SMILES string of the molecule is CC(C)C(=O)NC(=O)COC(=O)C=Cc1ccc(OCc2ccccc2)cc1. The van der Waals surface area contributed by atoms with Crippen LogP contribution in [0.3, 0.4) is 0 Å². The first-order valence-electron chi connectivity index (χ1n) is 8.89. The molecule has 0 atom stereocenters. The Morgan fingerprint density at radius 3 is 2.32 bits per heavy atom. The highest BCUT2D eigenvalue weighted by Crippen LogP contribution is 2.15. The molecule has 0 saturated heterocycles. The summed E-state index contributed by atoms with van der Waals surface area (Å²) < 4.78 is 10.5. The molecule has 0 aliphatic rings. The van der Waals surface area contributed by atoms with Crippen LogP contribution in [-0.4, -0.2) is 24.4 Å². The molecule has 28 heavy (non-hydrogen) atoms. The molecule has 0 aliphatic heterocycles. The van der Waals surface area contributed by atoms with Crippen LogP contribution in [0.5, 0.6) is 5.75 Å². The fourth-order valence-electron chi connectivity index (χ4n) is 2.08. The van der Waals surface area contributed by atoms with Gasteiger partial charge in [0, 0.05) is 12.0 Å². The topological polar surface area (TPSA) is 81.7 Å². The summed E-state index contributed by atoms with van der Waals surface area (Å²) in [6.07, 6.45) is 2.79. The third kappa shape index (κ3) is 7.45. The largest absolute Gasteiger partial charge is 0.489 e. The van der Waals surface area contributed by atoms with E-state index in [2.05, 4.69) is 5.32 Å². The molecule has 2 amide bonds. The molecular weight excluding hydrogens is 358 g/mol. The Labute approximate surface area is 164 Å². The minimum absolute atomic E-state index is 0.320. The van der Waals surface area contributed by atoms with Crippen LogP contribution in [0.15, 0.2) is 60.7 Å². The zero-order valence-corrected chi connectivity index (χ0v) is 15.9. The molecule has 0 spiro atoms. The summed E-state index contributed by atoms with van der Waals surface area (Å²) in [7, 11) is 0. The zero-order chi connectivity index (χ0) is 20.4. The summed E-state index contributed by atoms with van der Waals surface area (Å²) in [5.74, 6) is -1.34. The molecule has 0 unspecified atom stereocenters. The number of hydrogen-bond acceptors (Lipinski definition) is 5. The van der Waals surface area contributed by atoms with Crippen molar-refractivity contribution in [3.63, 3.8) is 0 Å². The minimum Gasteiger partial charge on any atom is -0.489 e. The highest BCUT2D eigenvalue weighted by atomic mass is 16.5. The van der Waals surface area contributed by atoms with Crippen LogP contribution < -0.4 is 10.1 Å². The van der Waals surface area contributed by atoms with Gasteiger partial charge in [-0.2, -0.15) is 0 Å². The van der Waals surface area contributed by atoms with E-state index in [0.717, 1.165) is 16.9 Å². The molecule has 0 aromatic heterocycles. The lowest BCUT2D eigenvalue weighted by molar-refractivity contribution is -0.145. The summed E-state index contributed by atoms with van der Waals surface area (Å²) in [4.78, 5) is 34.5. The lowest BCUT2D eigenvalue weighted by atomic mass is 10.2. The number of carbonyl (C=O) groups excluding carboxylic acids is 3. The number of amides is 2. The second kappa shape index (κ2) is 10.7. The summed E-state index contributed by atoms with van der Waals surface area (Å²) >= 11 is 0. The fraction of sp³-hybridized carbons (Fsp3) is 0.227. The van der Waals surface area contributed by atoms with Crippen LogP contribution in [0.25, 0.3) is 6.08 Å². The van der Waals surface area contributed by atoms with Crippen molar-refractivity contribution in [2.45, 2.75) is 20.5 Å². The van der Waals surface area contributed by atoms with E-state index in [4.69, 9.17) is 9.47 Å². The predicted molar refractivity (Wildman–Crippen MR) is 105 cm³/mol. The van der Waals surface area contributed by atoms with Gasteiger partial charge >= 0.3 is 5.97 Å². The molecule has 1 N–H and O–H groups in total. The van der Waals surface area contributed by atoms with Crippen molar-refractivity contribution in [3.05, 3.63) is 71.8 Å². The zero-order valence-electron chi connectivity index (χ0n) is 15.9. The number of carbonyl (C=O) groups is 3. The number of esters is 1. The van der Waals surface area contributed by atoms with Gasteiger partial charge in [0.1, 0.15) is 12.4 Å². The normalized spacial score (nSPS) is 10.7. The van der Waals surface area contributed by atoms with E-state index in [1.807, 2.05) is 30.3 Å². The second-order valence-electron chi connectivity index (χ2n) is 6.35. The van der Waals surface area contributed by atoms with Gasteiger partial charge in [0.15, 0.2) is 6.61 Å². The van der Waals surface area contributed by atoms with E-state index in [-0.39, 0.29) is 5.92 Å². The van der Waals surface area contributed by atoms with E-state index in [0.29, 0.717) is 6.61 Å². The van der Waals surface area contributed by atoms with Gasteiger partial charge in [0.25, 0.3) is 5.91 Å². The standard InChI is InChI=1S/C22H23NO5/c1-16(2)22(26)23-20(24)15-28-21(25)13-10-17-8-11-19(12-9-17)27-14-18-6-4-3-5-7-18/h3-13,16H,14-15H2,1-2H3,(H,23,24,26). The molecular formula is C22H23NO5. The first kappa shape index (κ1) is 20.9. The van der Waals surface area contributed by atoms with Crippen LogP contribution in [0.4, 0.5) is 0 Å². The lowest BCUT2D eigenvalue weighted by Gasteiger charge is -2.06. The molecule has 0 heterocycles. The molecule has 2 aromatic rings. The van der Waals surface area contributed by atoms with Gasteiger partial charge in [-0.25, -0.2) is 4.79 Å². The molecule has 0 radical (unpaired) electrons. The quantitative estimate of drug-likeness (QED) is 0.561. The van der Waals surface area contributed by atoms with Gasteiger partial charge in [-0.15, -0.1) is 0 Å². The number of nitrogens with one attached hydrogen (secondary N) is 1. The molecule has 2 rings (SSSR count). The monoisotopic (exact) mass is 381 g/mol. The van der Waals surface area contributed by atoms with Crippen LogP contribution in [0.2, 0.25) is 0 Å². The predicted octanol–water partition coefficient (Wildman–Crippen LogP) is 3.12. The van der Waals surface area contributed by atoms with E-state index in [1.54, 1.807) is 44.2 Å². The molecule has 6 heteroatoms. The van der Waals surface area contributed by atoms with Gasteiger partial charge in [-0.1, -0.05) is 56.3 Å².